The van der Waals surface area contributed by atoms with Crippen molar-refractivity contribution >= 4 is 11.3 Å². The average molecular weight is 185 g/mol. The van der Waals surface area contributed by atoms with Crippen LogP contribution in [-0.4, -0.2) is 4.98 Å². The van der Waals surface area contributed by atoms with Crippen LogP contribution < -0.4 is 0 Å². The van der Waals surface area contributed by atoms with Crippen LogP contribution in [0.5, 0.6) is 0 Å². The lowest BCUT2D eigenvalue weighted by Crippen LogP contribution is -1.81. The molecular formula is C10H19NS. The zero-order chi connectivity index (χ0) is 9.56. The first kappa shape index (κ1) is 11.6. The fraction of sp³-hybridized carbons (Fsp3) is 0.700. The Kier molecular flexibility index (Phi) is 5.99. The molecule has 0 amide bonds. The van der Waals surface area contributed by atoms with Crippen molar-refractivity contribution in [3.05, 3.63) is 16.6 Å². The molecule has 12 heavy (non-hydrogen) atoms. The Hall–Kier alpha value is -0.370. The van der Waals surface area contributed by atoms with Crippen molar-refractivity contribution in [2.45, 2.75) is 40.5 Å². The van der Waals surface area contributed by atoms with Gasteiger partial charge in [-0.15, -0.1) is 11.3 Å². The normalized spacial score (nSPS) is 9.92. The molecule has 2 heteroatoms. The van der Waals surface area contributed by atoms with E-state index in [0.717, 1.165) is 5.92 Å². The molecule has 0 saturated heterocycles. The summed E-state index contributed by atoms with van der Waals surface area (Å²) in [7, 11) is 0. The second kappa shape index (κ2) is 6.18. The van der Waals surface area contributed by atoms with Crippen molar-refractivity contribution in [2.24, 2.45) is 5.92 Å². The van der Waals surface area contributed by atoms with Gasteiger partial charge >= 0.3 is 0 Å². The molecule has 1 heterocycles. The highest BCUT2D eigenvalue weighted by atomic mass is 32.1. The summed E-state index contributed by atoms with van der Waals surface area (Å²) in [6.07, 6.45) is 1.85. The summed E-state index contributed by atoms with van der Waals surface area (Å²) < 4.78 is 0. The van der Waals surface area contributed by atoms with E-state index in [4.69, 9.17) is 0 Å². The first-order chi connectivity index (χ1) is 5.54. The standard InChI is InChI=1S/C6H9NS.C4H10/c1-5(2)6-7-3-4-8-6;1-4(2)3/h3-5H,1-2H3;4H,1-3H3. The fourth-order valence-electron chi connectivity index (χ4n) is 0.520. The minimum atomic E-state index is 0.593. The summed E-state index contributed by atoms with van der Waals surface area (Å²) in [6.45, 7) is 10.8. The van der Waals surface area contributed by atoms with Crippen LogP contribution in [0.25, 0.3) is 0 Å². The van der Waals surface area contributed by atoms with Crippen molar-refractivity contribution < 1.29 is 0 Å². The van der Waals surface area contributed by atoms with Gasteiger partial charge in [-0.2, -0.15) is 0 Å². The Morgan fingerprint density at radius 1 is 1.17 bits per heavy atom. The number of rotatable bonds is 1. The van der Waals surface area contributed by atoms with E-state index in [1.165, 1.54) is 5.01 Å². The number of hydrogen-bond donors (Lipinski definition) is 0. The molecule has 1 aromatic heterocycles. The van der Waals surface area contributed by atoms with Crippen LogP contribution in [0, 0.1) is 5.92 Å². The van der Waals surface area contributed by atoms with E-state index in [0.29, 0.717) is 5.92 Å². The maximum Gasteiger partial charge on any atom is 0.0950 e. The van der Waals surface area contributed by atoms with Crippen LogP contribution in [0.1, 0.15) is 45.5 Å². The summed E-state index contributed by atoms with van der Waals surface area (Å²) in [5.41, 5.74) is 0. The highest BCUT2D eigenvalue weighted by Gasteiger charge is 1.97. The summed E-state index contributed by atoms with van der Waals surface area (Å²) in [5.74, 6) is 1.43. The van der Waals surface area contributed by atoms with Crippen molar-refractivity contribution in [3.8, 4) is 0 Å². The molecule has 0 aliphatic carbocycles. The number of aromatic nitrogens is 1. The van der Waals surface area contributed by atoms with Gasteiger partial charge in [0, 0.05) is 17.5 Å². The second-order valence-corrected chi connectivity index (χ2v) is 4.68. The van der Waals surface area contributed by atoms with Gasteiger partial charge in [-0.25, -0.2) is 4.98 Å². The zero-order valence-corrected chi connectivity index (χ0v) is 9.48. The van der Waals surface area contributed by atoms with Crippen LogP contribution in [0.15, 0.2) is 11.6 Å². The molecule has 0 N–H and O–H groups in total. The minimum Gasteiger partial charge on any atom is -0.249 e. The third kappa shape index (κ3) is 6.35. The molecule has 0 bridgehead atoms. The Morgan fingerprint density at radius 2 is 1.67 bits per heavy atom. The zero-order valence-electron chi connectivity index (χ0n) is 8.66. The van der Waals surface area contributed by atoms with E-state index in [2.05, 4.69) is 39.6 Å². The van der Waals surface area contributed by atoms with Crippen molar-refractivity contribution in [1.82, 2.24) is 4.98 Å². The molecule has 0 aliphatic rings. The van der Waals surface area contributed by atoms with Crippen LogP contribution in [0.3, 0.4) is 0 Å². The van der Waals surface area contributed by atoms with Gasteiger partial charge in [0.05, 0.1) is 5.01 Å². The topological polar surface area (TPSA) is 12.9 Å². The smallest absolute Gasteiger partial charge is 0.0950 e. The largest absolute Gasteiger partial charge is 0.249 e. The van der Waals surface area contributed by atoms with Gasteiger partial charge < -0.3 is 0 Å². The summed E-state index contributed by atoms with van der Waals surface area (Å²) in [6, 6.07) is 0. The first-order valence-corrected chi connectivity index (χ1v) is 5.31. The molecule has 0 fully saturated rings. The van der Waals surface area contributed by atoms with E-state index in [1.807, 2.05) is 11.6 Å². The van der Waals surface area contributed by atoms with E-state index >= 15 is 0 Å². The summed E-state index contributed by atoms with van der Waals surface area (Å²) in [4.78, 5) is 4.13. The van der Waals surface area contributed by atoms with E-state index in [9.17, 15) is 0 Å². The van der Waals surface area contributed by atoms with Gasteiger partial charge in [-0.05, 0) is 5.92 Å². The predicted octanol–water partition coefficient (Wildman–Crippen LogP) is 3.93. The summed E-state index contributed by atoms with van der Waals surface area (Å²) in [5, 5.41) is 3.24. The molecule has 70 valence electrons. The number of nitrogens with zero attached hydrogens (tertiary/aromatic N) is 1. The molecular weight excluding hydrogens is 166 g/mol. The average Bonchev–Trinajstić information content (AvgIpc) is 2.34. The molecule has 0 spiro atoms. The monoisotopic (exact) mass is 185 g/mol. The van der Waals surface area contributed by atoms with E-state index < -0.39 is 0 Å². The van der Waals surface area contributed by atoms with Crippen molar-refractivity contribution in [3.63, 3.8) is 0 Å². The lowest BCUT2D eigenvalue weighted by Gasteiger charge is -1.93. The first-order valence-electron chi connectivity index (χ1n) is 4.43. The van der Waals surface area contributed by atoms with Crippen LogP contribution in [0.2, 0.25) is 0 Å². The molecule has 1 rings (SSSR count). The lowest BCUT2D eigenvalue weighted by atomic mass is 10.2. The SMILES string of the molecule is CC(C)C.CC(C)c1nccs1. The van der Waals surface area contributed by atoms with Gasteiger partial charge in [-0.3, -0.25) is 0 Å². The fourth-order valence-corrected chi connectivity index (χ4v) is 1.17. The quantitative estimate of drug-likeness (QED) is 0.646. The predicted molar refractivity (Wildman–Crippen MR) is 56.7 cm³/mol. The molecule has 1 aromatic rings. The molecule has 0 saturated carbocycles. The van der Waals surface area contributed by atoms with Crippen molar-refractivity contribution in [1.29, 1.82) is 0 Å². The van der Waals surface area contributed by atoms with E-state index in [1.54, 1.807) is 11.3 Å². The van der Waals surface area contributed by atoms with Crippen LogP contribution in [0.4, 0.5) is 0 Å². The highest BCUT2D eigenvalue weighted by Crippen LogP contribution is 2.15. The lowest BCUT2D eigenvalue weighted by molar-refractivity contribution is 0.737. The van der Waals surface area contributed by atoms with Gasteiger partial charge in [0.1, 0.15) is 0 Å². The third-order valence-corrected chi connectivity index (χ3v) is 2.02. The van der Waals surface area contributed by atoms with Gasteiger partial charge in [0.2, 0.25) is 0 Å². The second-order valence-electron chi connectivity index (χ2n) is 3.76. The van der Waals surface area contributed by atoms with Gasteiger partial charge in [-0.1, -0.05) is 34.6 Å². The van der Waals surface area contributed by atoms with Crippen molar-refractivity contribution in [2.75, 3.05) is 0 Å². The molecule has 0 unspecified atom stereocenters. The van der Waals surface area contributed by atoms with Crippen LogP contribution in [-0.2, 0) is 0 Å². The summed E-state index contributed by atoms with van der Waals surface area (Å²) >= 11 is 1.72. The Morgan fingerprint density at radius 3 is 1.83 bits per heavy atom. The van der Waals surface area contributed by atoms with E-state index in [-0.39, 0.29) is 0 Å². The number of hydrogen-bond acceptors (Lipinski definition) is 2. The maximum absolute atomic E-state index is 4.13. The Labute approximate surface area is 79.9 Å². The molecule has 0 aromatic carbocycles. The Balaban J connectivity index is 0.000000261. The minimum absolute atomic E-state index is 0.593. The molecule has 0 atom stereocenters. The Bertz CT molecular complexity index is 175. The van der Waals surface area contributed by atoms with Gasteiger partial charge in [0.15, 0.2) is 0 Å². The third-order valence-electron chi connectivity index (χ3n) is 0.945. The molecule has 1 nitrogen and oxygen atoms in total. The van der Waals surface area contributed by atoms with Crippen LogP contribution >= 0.6 is 11.3 Å². The number of thiazole rings is 1. The highest BCUT2D eigenvalue weighted by molar-refractivity contribution is 7.09. The maximum atomic E-state index is 4.13. The van der Waals surface area contributed by atoms with Gasteiger partial charge in [0.25, 0.3) is 0 Å². The molecule has 0 aliphatic heterocycles. The molecule has 0 radical (unpaired) electrons.